The van der Waals surface area contributed by atoms with Crippen molar-refractivity contribution in [3.05, 3.63) is 41.0 Å². The molecule has 0 amide bonds. The van der Waals surface area contributed by atoms with Crippen LogP contribution < -0.4 is 0 Å². The first-order valence-corrected chi connectivity index (χ1v) is 5.19. The van der Waals surface area contributed by atoms with E-state index in [9.17, 15) is 4.79 Å². The molecule has 1 aromatic rings. The highest BCUT2D eigenvalue weighted by molar-refractivity contribution is 5.94. The minimum absolute atomic E-state index is 0.251. The Bertz CT molecular complexity index is 405. The number of allylic oxidation sites excluding steroid dienone is 1. The monoisotopic (exact) mass is 202 g/mol. The molecule has 78 valence electrons. The number of benzene rings is 1. The van der Waals surface area contributed by atoms with E-state index in [4.69, 9.17) is 4.74 Å². The summed E-state index contributed by atoms with van der Waals surface area (Å²) in [6.07, 6.45) is 7.42. The number of fused-ring (bicyclic) bond motifs is 1. The summed E-state index contributed by atoms with van der Waals surface area (Å²) in [5, 5.41) is 0. The van der Waals surface area contributed by atoms with Crippen LogP contribution in [0, 0.1) is 0 Å². The molecule has 1 aliphatic carbocycles. The van der Waals surface area contributed by atoms with Crippen molar-refractivity contribution in [1.82, 2.24) is 0 Å². The van der Waals surface area contributed by atoms with E-state index < -0.39 is 0 Å². The highest BCUT2D eigenvalue weighted by atomic mass is 16.5. The normalized spacial score (nSPS) is 14.2. The average Bonchev–Trinajstić information content (AvgIpc) is 2.52. The summed E-state index contributed by atoms with van der Waals surface area (Å²) < 4.78 is 4.77. The molecule has 2 nitrogen and oxygen atoms in total. The summed E-state index contributed by atoms with van der Waals surface area (Å²) in [4.78, 5) is 11.5. The molecule has 1 aliphatic rings. The van der Waals surface area contributed by atoms with Gasteiger partial charge in [-0.3, -0.25) is 0 Å². The smallest absolute Gasteiger partial charge is 0.338 e. The van der Waals surface area contributed by atoms with E-state index in [2.05, 4.69) is 12.1 Å². The molecule has 0 saturated carbocycles. The predicted molar refractivity (Wildman–Crippen MR) is 59.8 cm³/mol. The van der Waals surface area contributed by atoms with Crippen molar-refractivity contribution in [2.45, 2.75) is 19.3 Å². The van der Waals surface area contributed by atoms with Crippen molar-refractivity contribution in [3.8, 4) is 0 Å². The van der Waals surface area contributed by atoms with Gasteiger partial charge in [-0.2, -0.15) is 0 Å². The van der Waals surface area contributed by atoms with Crippen LogP contribution in [0.3, 0.4) is 0 Å². The number of methoxy groups -OCH3 is 1. The van der Waals surface area contributed by atoms with Gasteiger partial charge < -0.3 is 4.74 Å². The Morgan fingerprint density at radius 3 is 3.07 bits per heavy atom. The van der Waals surface area contributed by atoms with Crippen LogP contribution in [0.25, 0.3) is 6.08 Å². The third-order valence-corrected chi connectivity index (χ3v) is 2.70. The third-order valence-electron chi connectivity index (χ3n) is 2.70. The molecule has 0 spiro atoms. The Labute approximate surface area is 89.6 Å². The highest BCUT2D eigenvalue weighted by Crippen LogP contribution is 2.22. The van der Waals surface area contributed by atoms with Crippen molar-refractivity contribution in [3.63, 3.8) is 0 Å². The maximum atomic E-state index is 11.5. The van der Waals surface area contributed by atoms with E-state index in [0.29, 0.717) is 5.56 Å². The lowest BCUT2D eigenvalue weighted by Crippen LogP contribution is -2.05. The van der Waals surface area contributed by atoms with Gasteiger partial charge in [-0.25, -0.2) is 4.79 Å². The molecule has 2 rings (SSSR count). The molecule has 2 heteroatoms. The van der Waals surface area contributed by atoms with Crippen LogP contribution in [-0.4, -0.2) is 13.1 Å². The van der Waals surface area contributed by atoms with Crippen LogP contribution in [0.2, 0.25) is 0 Å². The summed E-state index contributed by atoms with van der Waals surface area (Å²) in [6, 6.07) is 5.82. The van der Waals surface area contributed by atoms with E-state index in [1.807, 2.05) is 18.2 Å². The van der Waals surface area contributed by atoms with Gasteiger partial charge in [0.25, 0.3) is 0 Å². The van der Waals surface area contributed by atoms with Crippen molar-refractivity contribution >= 4 is 12.0 Å². The van der Waals surface area contributed by atoms with Crippen LogP contribution in [0.15, 0.2) is 24.3 Å². The van der Waals surface area contributed by atoms with Crippen LogP contribution in [0.5, 0.6) is 0 Å². The van der Waals surface area contributed by atoms with Crippen molar-refractivity contribution in [2.75, 3.05) is 7.11 Å². The van der Waals surface area contributed by atoms with E-state index in [0.717, 1.165) is 24.8 Å². The van der Waals surface area contributed by atoms with Crippen LogP contribution in [0.4, 0.5) is 0 Å². The van der Waals surface area contributed by atoms with Gasteiger partial charge in [0.1, 0.15) is 0 Å². The molecule has 0 aromatic heterocycles. The van der Waals surface area contributed by atoms with E-state index in [1.54, 1.807) is 0 Å². The molecule has 0 unspecified atom stereocenters. The summed E-state index contributed by atoms with van der Waals surface area (Å²) in [6.45, 7) is 0. The predicted octanol–water partition coefficient (Wildman–Crippen LogP) is 2.82. The molecular weight excluding hydrogens is 188 g/mol. The second kappa shape index (κ2) is 4.30. The Hall–Kier alpha value is -1.57. The van der Waals surface area contributed by atoms with Gasteiger partial charge in [-0.1, -0.05) is 24.3 Å². The van der Waals surface area contributed by atoms with Crippen molar-refractivity contribution in [2.24, 2.45) is 0 Å². The second-order valence-corrected chi connectivity index (χ2v) is 3.66. The molecule has 0 fully saturated rings. The SMILES string of the molecule is COC(=O)c1cccc2c1C=CCCC2. The van der Waals surface area contributed by atoms with Gasteiger partial charge in [0.2, 0.25) is 0 Å². The maximum Gasteiger partial charge on any atom is 0.338 e. The summed E-state index contributed by atoms with van der Waals surface area (Å²) >= 11 is 0. The van der Waals surface area contributed by atoms with E-state index in [-0.39, 0.29) is 5.97 Å². The zero-order valence-corrected chi connectivity index (χ0v) is 8.82. The van der Waals surface area contributed by atoms with Gasteiger partial charge in [-0.15, -0.1) is 0 Å². The van der Waals surface area contributed by atoms with Gasteiger partial charge in [-0.05, 0) is 36.5 Å². The highest BCUT2D eigenvalue weighted by Gasteiger charge is 2.13. The number of esters is 1. The summed E-state index contributed by atoms with van der Waals surface area (Å²) in [5.41, 5.74) is 2.95. The van der Waals surface area contributed by atoms with Gasteiger partial charge in [0, 0.05) is 0 Å². The third kappa shape index (κ3) is 1.94. The first kappa shape index (κ1) is 9.97. The van der Waals surface area contributed by atoms with Gasteiger partial charge >= 0.3 is 5.97 Å². The van der Waals surface area contributed by atoms with Crippen molar-refractivity contribution < 1.29 is 9.53 Å². The van der Waals surface area contributed by atoms with Gasteiger partial charge in [0.05, 0.1) is 12.7 Å². The Balaban J connectivity index is 2.51. The largest absolute Gasteiger partial charge is 0.465 e. The molecule has 1 aromatic carbocycles. The molecular formula is C13H14O2. The zero-order valence-electron chi connectivity index (χ0n) is 8.82. The number of hydrogen-bond acceptors (Lipinski definition) is 2. The number of ether oxygens (including phenoxy) is 1. The number of aryl methyl sites for hydroxylation is 1. The molecule has 0 bridgehead atoms. The fourth-order valence-electron chi connectivity index (χ4n) is 1.93. The standard InChI is InChI=1S/C13H14O2/c1-15-13(14)12-9-5-7-10-6-3-2-4-8-11(10)12/h4-5,7-9H,2-3,6H2,1H3. The lowest BCUT2D eigenvalue weighted by Gasteiger charge is -2.08. The zero-order chi connectivity index (χ0) is 10.7. The topological polar surface area (TPSA) is 26.3 Å². The number of rotatable bonds is 1. The average molecular weight is 202 g/mol. The van der Waals surface area contributed by atoms with E-state index >= 15 is 0 Å². The summed E-state index contributed by atoms with van der Waals surface area (Å²) in [5.74, 6) is -0.251. The Kier molecular flexibility index (Phi) is 2.86. The fraction of sp³-hybridized carbons (Fsp3) is 0.308. The molecule has 0 atom stereocenters. The fourth-order valence-corrected chi connectivity index (χ4v) is 1.93. The number of carbonyl (C=O) groups excluding carboxylic acids is 1. The molecule has 0 heterocycles. The first-order valence-electron chi connectivity index (χ1n) is 5.19. The number of hydrogen-bond donors (Lipinski definition) is 0. The number of carbonyl (C=O) groups is 1. The minimum atomic E-state index is -0.251. The lowest BCUT2D eigenvalue weighted by atomic mass is 9.99. The minimum Gasteiger partial charge on any atom is -0.465 e. The summed E-state index contributed by atoms with van der Waals surface area (Å²) in [7, 11) is 1.42. The molecule has 0 radical (unpaired) electrons. The quantitative estimate of drug-likeness (QED) is 0.654. The second-order valence-electron chi connectivity index (χ2n) is 3.66. The molecule has 15 heavy (non-hydrogen) atoms. The van der Waals surface area contributed by atoms with Gasteiger partial charge in [0.15, 0.2) is 0 Å². The van der Waals surface area contributed by atoms with E-state index in [1.165, 1.54) is 12.7 Å². The molecule has 0 N–H and O–H groups in total. The molecule has 0 aliphatic heterocycles. The maximum absolute atomic E-state index is 11.5. The van der Waals surface area contributed by atoms with Crippen molar-refractivity contribution in [1.29, 1.82) is 0 Å². The Morgan fingerprint density at radius 2 is 2.27 bits per heavy atom. The Morgan fingerprint density at radius 1 is 1.40 bits per heavy atom. The molecule has 0 saturated heterocycles. The lowest BCUT2D eigenvalue weighted by molar-refractivity contribution is 0.0600. The van der Waals surface area contributed by atoms with Crippen LogP contribution >= 0.6 is 0 Å². The van der Waals surface area contributed by atoms with Crippen LogP contribution in [0.1, 0.15) is 34.3 Å². The first-order chi connectivity index (χ1) is 7.33. The van der Waals surface area contributed by atoms with Crippen LogP contribution in [-0.2, 0) is 11.2 Å².